The number of anilines is 1. The van der Waals surface area contributed by atoms with E-state index in [1.54, 1.807) is 0 Å². The molecule has 2 aromatic carbocycles. The van der Waals surface area contributed by atoms with Crippen LogP contribution in [-0.2, 0) is 5.54 Å². The summed E-state index contributed by atoms with van der Waals surface area (Å²) in [7, 11) is 0. The van der Waals surface area contributed by atoms with Crippen LogP contribution in [0.1, 0.15) is 44.1 Å². The molecule has 5 rings (SSSR count). The van der Waals surface area contributed by atoms with Gasteiger partial charge < -0.3 is 16.2 Å². The monoisotopic (exact) mass is 453 g/mol. The van der Waals surface area contributed by atoms with Crippen molar-refractivity contribution in [1.29, 1.82) is 0 Å². The summed E-state index contributed by atoms with van der Waals surface area (Å²) in [5.41, 5.74) is 12.3. The fraction of sp³-hybridized carbons (Fsp3) is 0.321. The third-order valence-electron chi connectivity index (χ3n) is 6.75. The molecule has 0 amide bonds. The zero-order chi connectivity index (χ0) is 23.4. The van der Waals surface area contributed by atoms with Crippen LogP contribution in [0, 0.1) is 0 Å². The second-order valence-corrected chi connectivity index (χ2v) is 9.16. The second-order valence-electron chi connectivity index (χ2n) is 9.16. The molecule has 2 aromatic heterocycles. The summed E-state index contributed by atoms with van der Waals surface area (Å²) in [6.07, 6.45) is 7.87. The maximum Gasteiger partial charge on any atom is 0.224 e. The topological polar surface area (TPSA) is 97.0 Å². The van der Waals surface area contributed by atoms with Gasteiger partial charge in [0.1, 0.15) is 0 Å². The van der Waals surface area contributed by atoms with Crippen molar-refractivity contribution >= 4 is 17.0 Å². The van der Waals surface area contributed by atoms with Crippen LogP contribution >= 0.6 is 0 Å². The number of pyridine rings is 1. The summed E-state index contributed by atoms with van der Waals surface area (Å²) in [5.74, 6) is 0.577. The Hall–Kier alpha value is -3.35. The lowest BCUT2D eigenvalue weighted by Gasteiger charge is -2.38. The molecule has 6 heteroatoms. The Labute approximate surface area is 200 Å². The van der Waals surface area contributed by atoms with Crippen LogP contribution in [-0.4, -0.2) is 33.2 Å². The molecule has 0 atom stereocenters. The molecule has 0 unspecified atom stereocenters. The number of benzene rings is 2. The molecular weight excluding hydrogens is 422 g/mol. The first-order valence-corrected chi connectivity index (χ1v) is 12.1. The van der Waals surface area contributed by atoms with E-state index < -0.39 is 0 Å². The van der Waals surface area contributed by atoms with Gasteiger partial charge in [0.2, 0.25) is 5.95 Å². The molecule has 0 aliphatic heterocycles. The molecule has 2 heterocycles. The van der Waals surface area contributed by atoms with Gasteiger partial charge >= 0.3 is 0 Å². The van der Waals surface area contributed by atoms with Crippen LogP contribution < -0.4 is 11.1 Å². The molecule has 34 heavy (non-hydrogen) atoms. The van der Waals surface area contributed by atoms with Gasteiger partial charge in [-0.3, -0.25) is 0 Å². The first kappa shape index (κ1) is 22.4. The van der Waals surface area contributed by atoms with E-state index in [-0.39, 0.29) is 12.1 Å². The zero-order valence-electron chi connectivity index (χ0n) is 19.4. The molecule has 4 N–H and O–H groups in total. The lowest BCUT2D eigenvalue weighted by atomic mass is 9.72. The number of nitrogens with two attached hydrogens (primary N) is 1. The molecule has 0 radical (unpaired) electrons. The van der Waals surface area contributed by atoms with Crippen molar-refractivity contribution in [2.45, 2.75) is 44.1 Å². The minimum absolute atomic E-state index is 0.178. The van der Waals surface area contributed by atoms with Crippen LogP contribution in [0.15, 0.2) is 66.9 Å². The number of hydrogen-bond donors (Lipinski definition) is 3. The molecule has 1 aliphatic rings. The SMILES string of the molecule is NC1(c2ccc(-c3nc4nc(NCCCCCO)ncc4cc3-c3ccccc3)cc2)CCC1. The van der Waals surface area contributed by atoms with E-state index in [2.05, 4.69) is 52.8 Å². The summed E-state index contributed by atoms with van der Waals surface area (Å²) in [4.78, 5) is 14.2. The highest BCUT2D eigenvalue weighted by Crippen LogP contribution is 2.40. The molecular formula is C28H31N5O. The molecule has 1 fully saturated rings. The summed E-state index contributed by atoms with van der Waals surface area (Å²) in [6, 6.07) is 21.0. The van der Waals surface area contributed by atoms with E-state index in [0.29, 0.717) is 11.6 Å². The zero-order valence-corrected chi connectivity index (χ0v) is 19.4. The number of nitrogens with one attached hydrogen (secondary N) is 1. The van der Waals surface area contributed by atoms with Crippen molar-refractivity contribution in [2.75, 3.05) is 18.5 Å². The normalized spacial score (nSPS) is 14.6. The van der Waals surface area contributed by atoms with Crippen LogP contribution in [0.25, 0.3) is 33.4 Å². The van der Waals surface area contributed by atoms with Gasteiger partial charge in [-0.25, -0.2) is 9.97 Å². The Balaban J connectivity index is 1.51. The number of aromatic nitrogens is 3. The average Bonchev–Trinajstić information content (AvgIpc) is 2.87. The van der Waals surface area contributed by atoms with Crippen LogP contribution in [0.2, 0.25) is 0 Å². The number of nitrogens with zero attached hydrogens (tertiary/aromatic N) is 3. The second kappa shape index (κ2) is 9.87. The van der Waals surface area contributed by atoms with E-state index in [9.17, 15) is 0 Å². The highest BCUT2D eigenvalue weighted by Gasteiger charge is 2.34. The minimum Gasteiger partial charge on any atom is -0.396 e. The first-order valence-electron chi connectivity index (χ1n) is 12.1. The van der Waals surface area contributed by atoms with Crippen molar-refractivity contribution in [3.8, 4) is 22.4 Å². The Kier molecular flexibility index (Phi) is 6.52. The van der Waals surface area contributed by atoms with Gasteiger partial charge in [0.05, 0.1) is 5.69 Å². The lowest BCUT2D eigenvalue weighted by molar-refractivity contribution is 0.253. The predicted octanol–water partition coefficient (Wildman–Crippen LogP) is 5.27. The molecule has 0 saturated heterocycles. The molecule has 1 saturated carbocycles. The molecule has 0 spiro atoms. The number of hydrogen-bond acceptors (Lipinski definition) is 6. The van der Waals surface area contributed by atoms with Gasteiger partial charge in [-0.05, 0) is 55.7 Å². The Morgan fingerprint density at radius 3 is 2.41 bits per heavy atom. The Morgan fingerprint density at radius 1 is 0.912 bits per heavy atom. The van der Waals surface area contributed by atoms with Crippen molar-refractivity contribution in [3.63, 3.8) is 0 Å². The third kappa shape index (κ3) is 4.65. The maximum atomic E-state index is 8.94. The summed E-state index contributed by atoms with van der Waals surface area (Å²) < 4.78 is 0. The van der Waals surface area contributed by atoms with Gasteiger partial charge in [0, 0.05) is 41.4 Å². The Bertz CT molecular complexity index is 1250. The fourth-order valence-electron chi connectivity index (χ4n) is 4.53. The molecule has 6 nitrogen and oxygen atoms in total. The number of aliphatic hydroxyl groups is 1. The van der Waals surface area contributed by atoms with Crippen molar-refractivity contribution in [3.05, 3.63) is 72.4 Å². The minimum atomic E-state index is -0.178. The van der Waals surface area contributed by atoms with Gasteiger partial charge in [-0.15, -0.1) is 0 Å². The molecule has 174 valence electrons. The highest BCUT2D eigenvalue weighted by atomic mass is 16.2. The van der Waals surface area contributed by atoms with Gasteiger partial charge in [0.25, 0.3) is 0 Å². The van der Waals surface area contributed by atoms with E-state index in [1.165, 1.54) is 12.0 Å². The highest BCUT2D eigenvalue weighted by molar-refractivity contribution is 5.90. The van der Waals surface area contributed by atoms with Gasteiger partial charge in [-0.2, -0.15) is 4.98 Å². The van der Waals surface area contributed by atoms with Crippen LogP contribution in [0.5, 0.6) is 0 Å². The van der Waals surface area contributed by atoms with E-state index in [0.717, 1.165) is 66.4 Å². The standard InChI is InChI=1S/C28H31N5O/c29-28(14-7-15-28)23-12-10-21(11-13-23)25-24(20-8-3-1-4-9-20)18-22-19-31-27(33-26(22)32-25)30-16-5-2-6-17-34/h1,3-4,8-13,18-19,34H,2,5-7,14-17,29H2,(H,30,31,32,33). The maximum absolute atomic E-state index is 8.94. The van der Waals surface area contributed by atoms with Crippen molar-refractivity contribution in [2.24, 2.45) is 5.73 Å². The largest absolute Gasteiger partial charge is 0.396 e. The fourth-order valence-corrected chi connectivity index (χ4v) is 4.53. The number of unbranched alkanes of at least 4 members (excludes halogenated alkanes) is 2. The predicted molar refractivity (Wildman–Crippen MR) is 137 cm³/mol. The average molecular weight is 454 g/mol. The van der Waals surface area contributed by atoms with E-state index in [4.69, 9.17) is 20.8 Å². The first-order chi connectivity index (χ1) is 16.7. The number of fused-ring (bicyclic) bond motifs is 1. The summed E-state index contributed by atoms with van der Waals surface area (Å²) in [6.45, 7) is 0.999. The number of rotatable bonds is 9. The molecule has 1 aliphatic carbocycles. The van der Waals surface area contributed by atoms with Gasteiger partial charge in [-0.1, -0.05) is 54.6 Å². The summed E-state index contributed by atoms with van der Waals surface area (Å²) in [5, 5.41) is 13.1. The van der Waals surface area contributed by atoms with E-state index >= 15 is 0 Å². The van der Waals surface area contributed by atoms with E-state index in [1.807, 2.05) is 24.4 Å². The van der Waals surface area contributed by atoms with Crippen molar-refractivity contribution in [1.82, 2.24) is 15.0 Å². The third-order valence-corrected chi connectivity index (χ3v) is 6.75. The lowest BCUT2D eigenvalue weighted by Crippen LogP contribution is -2.43. The van der Waals surface area contributed by atoms with Crippen LogP contribution in [0.3, 0.4) is 0 Å². The summed E-state index contributed by atoms with van der Waals surface area (Å²) >= 11 is 0. The Morgan fingerprint density at radius 2 is 1.71 bits per heavy atom. The molecule has 0 bridgehead atoms. The quantitative estimate of drug-likeness (QED) is 0.299. The number of aliphatic hydroxyl groups excluding tert-OH is 1. The smallest absolute Gasteiger partial charge is 0.224 e. The van der Waals surface area contributed by atoms with Gasteiger partial charge in [0.15, 0.2) is 5.65 Å². The van der Waals surface area contributed by atoms with Crippen molar-refractivity contribution < 1.29 is 5.11 Å². The van der Waals surface area contributed by atoms with Crippen LogP contribution in [0.4, 0.5) is 5.95 Å². The molecule has 4 aromatic rings.